The number of rotatable bonds is 9. The van der Waals surface area contributed by atoms with Gasteiger partial charge in [-0.25, -0.2) is 0 Å². The van der Waals surface area contributed by atoms with E-state index in [0.29, 0.717) is 25.2 Å². The number of nitrogens with one attached hydrogen (secondary N) is 1. The number of ether oxygens (including phenoxy) is 2. The monoisotopic (exact) mass is 265 g/mol. The number of hydrogen-bond acceptors (Lipinski definition) is 3. The quantitative estimate of drug-likeness (QED) is 0.743. The van der Waals surface area contributed by atoms with Crippen LogP contribution in [0.4, 0.5) is 0 Å². The molecule has 2 unspecified atom stereocenters. The van der Waals surface area contributed by atoms with Crippen LogP contribution < -0.4 is 10.1 Å². The average Bonchev–Trinajstić information content (AvgIpc) is 2.43. The average molecular weight is 265 g/mol. The van der Waals surface area contributed by atoms with E-state index in [-0.39, 0.29) is 0 Å². The molecule has 0 spiro atoms. The molecule has 19 heavy (non-hydrogen) atoms. The predicted molar refractivity (Wildman–Crippen MR) is 79.6 cm³/mol. The lowest BCUT2D eigenvalue weighted by molar-refractivity contribution is 0.184. The van der Waals surface area contributed by atoms with Crippen LogP contribution in [0.3, 0.4) is 0 Å². The number of likely N-dealkylation sites (N-methyl/N-ethyl adjacent to an activating group) is 1. The van der Waals surface area contributed by atoms with Crippen molar-refractivity contribution >= 4 is 0 Å². The molecule has 0 saturated heterocycles. The predicted octanol–water partition coefficient (Wildman–Crippen LogP) is 3.24. The van der Waals surface area contributed by atoms with E-state index in [1.54, 1.807) is 7.11 Å². The molecule has 0 aliphatic carbocycles. The first-order valence-corrected chi connectivity index (χ1v) is 7.15. The summed E-state index contributed by atoms with van der Waals surface area (Å²) < 4.78 is 11.0. The van der Waals surface area contributed by atoms with Gasteiger partial charge in [0, 0.05) is 13.2 Å². The molecule has 0 amide bonds. The van der Waals surface area contributed by atoms with Crippen LogP contribution in [0.2, 0.25) is 0 Å². The molecule has 1 N–H and O–H groups in total. The van der Waals surface area contributed by atoms with Gasteiger partial charge >= 0.3 is 0 Å². The maximum atomic E-state index is 5.91. The largest absolute Gasteiger partial charge is 0.492 e. The maximum absolute atomic E-state index is 5.91. The first-order chi connectivity index (χ1) is 9.21. The molecule has 108 valence electrons. The van der Waals surface area contributed by atoms with E-state index < -0.39 is 0 Å². The van der Waals surface area contributed by atoms with Crippen molar-refractivity contribution in [1.29, 1.82) is 0 Å². The van der Waals surface area contributed by atoms with E-state index in [2.05, 4.69) is 26.1 Å². The van der Waals surface area contributed by atoms with Gasteiger partial charge in [0.05, 0.1) is 6.61 Å². The second-order valence-corrected chi connectivity index (χ2v) is 4.94. The lowest BCUT2D eigenvalue weighted by Crippen LogP contribution is -2.39. The highest BCUT2D eigenvalue weighted by Gasteiger charge is 2.15. The van der Waals surface area contributed by atoms with Crippen LogP contribution in [0.5, 0.6) is 5.75 Å². The molecule has 0 bridgehead atoms. The molecule has 3 heteroatoms. The second-order valence-electron chi connectivity index (χ2n) is 4.94. The zero-order chi connectivity index (χ0) is 14.1. The second kappa shape index (κ2) is 8.94. The fourth-order valence-electron chi connectivity index (χ4n) is 2.05. The molecule has 0 aliphatic rings. The van der Waals surface area contributed by atoms with Gasteiger partial charge in [0.25, 0.3) is 0 Å². The Balaban J connectivity index is 2.55. The maximum Gasteiger partial charge on any atom is 0.119 e. The van der Waals surface area contributed by atoms with Crippen molar-refractivity contribution in [1.82, 2.24) is 5.32 Å². The Morgan fingerprint density at radius 2 is 2.05 bits per heavy atom. The van der Waals surface area contributed by atoms with Gasteiger partial charge < -0.3 is 14.8 Å². The smallest absolute Gasteiger partial charge is 0.119 e. The first-order valence-electron chi connectivity index (χ1n) is 7.15. The van der Waals surface area contributed by atoms with Crippen molar-refractivity contribution in [3.05, 3.63) is 29.8 Å². The fourth-order valence-corrected chi connectivity index (χ4v) is 2.05. The summed E-state index contributed by atoms with van der Waals surface area (Å²) in [5.41, 5.74) is 1.14. The summed E-state index contributed by atoms with van der Waals surface area (Å²) in [6.07, 6.45) is 1.16. The number of benzene rings is 1. The van der Waals surface area contributed by atoms with Crippen LogP contribution in [-0.4, -0.2) is 26.3 Å². The molecule has 0 saturated carbocycles. The highest BCUT2D eigenvalue weighted by Crippen LogP contribution is 2.16. The Kier molecular flexibility index (Phi) is 7.53. The highest BCUT2D eigenvalue weighted by atomic mass is 16.5. The van der Waals surface area contributed by atoms with Crippen molar-refractivity contribution in [3.63, 3.8) is 0 Å². The molecular formula is C16H27NO2. The fraction of sp³-hybridized carbons (Fsp3) is 0.625. The van der Waals surface area contributed by atoms with E-state index in [1.807, 2.05) is 24.3 Å². The van der Waals surface area contributed by atoms with Gasteiger partial charge in [-0.3, -0.25) is 0 Å². The molecule has 0 fully saturated rings. The Morgan fingerprint density at radius 3 is 2.68 bits per heavy atom. The summed E-state index contributed by atoms with van der Waals surface area (Å²) in [5.74, 6) is 1.53. The van der Waals surface area contributed by atoms with Gasteiger partial charge in [-0.05, 0) is 30.2 Å². The van der Waals surface area contributed by atoms with Crippen molar-refractivity contribution < 1.29 is 9.47 Å². The topological polar surface area (TPSA) is 30.5 Å². The van der Waals surface area contributed by atoms with Crippen molar-refractivity contribution in [2.24, 2.45) is 5.92 Å². The van der Waals surface area contributed by atoms with Crippen molar-refractivity contribution in [3.8, 4) is 5.75 Å². The molecule has 2 atom stereocenters. The van der Waals surface area contributed by atoms with Gasteiger partial charge in [0.2, 0.25) is 0 Å². The van der Waals surface area contributed by atoms with Gasteiger partial charge in [-0.2, -0.15) is 0 Å². The number of methoxy groups -OCH3 is 1. The third-order valence-corrected chi connectivity index (χ3v) is 3.44. The molecule has 0 aromatic heterocycles. The van der Waals surface area contributed by atoms with E-state index in [0.717, 1.165) is 24.3 Å². The molecule has 1 rings (SSSR count). The summed E-state index contributed by atoms with van der Waals surface area (Å²) in [7, 11) is 1.71. The summed E-state index contributed by atoms with van der Waals surface area (Å²) in [4.78, 5) is 0. The van der Waals surface area contributed by atoms with Gasteiger partial charge in [-0.15, -0.1) is 0 Å². The Morgan fingerprint density at radius 1 is 1.26 bits per heavy atom. The third kappa shape index (κ3) is 5.62. The summed E-state index contributed by atoms with van der Waals surface area (Å²) in [6, 6.07) is 8.50. The first kappa shape index (κ1) is 16.0. The minimum absolute atomic E-state index is 0.404. The molecule has 0 radical (unpaired) electrons. The Hall–Kier alpha value is -1.06. The van der Waals surface area contributed by atoms with Crippen LogP contribution in [0.25, 0.3) is 0 Å². The van der Waals surface area contributed by atoms with Crippen LogP contribution in [0.1, 0.15) is 32.8 Å². The molecule has 1 aromatic carbocycles. The summed E-state index contributed by atoms with van der Waals surface area (Å²) >= 11 is 0. The molecular weight excluding hydrogens is 238 g/mol. The van der Waals surface area contributed by atoms with E-state index >= 15 is 0 Å². The van der Waals surface area contributed by atoms with Gasteiger partial charge in [0.1, 0.15) is 12.4 Å². The van der Waals surface area contributed by atoms with Crippen LogP contribution >= 0.6 is 0 Å². The summed E-state index contributed by atoms with van der Waals surface area (Å²) in [5, 5.41) is 3.49. The van der Waals surface area contributed by atoms with E-state index in [4.69, 9.17) is 9.47 Å². The zero-order valence-corrected chi connectivity index (χ0v) is 12.6. The highest BCUT2D eigenvalue weighted by molar-refractivity contribution is 5.28. The molecule has 0 aliphatic heterocycles. The Bertz CT molecular complexity index is 354. The minimum Gasteiger partial charge on any atom is -0.492 e. The SMILES string of the molecule is CCNC(COc1cccc(COC)c1)C(C)CC. The molecule has 1 aromatic rings. The zero-order valence-electron chi connectivity index (χ0n) is 12.6. The van der Waals surface area contributed by atoms with Crippen LogP contribution in [-0.2, 0) is 11.3 Å². The van der Waals surface area contributed by atoms with Gasteiger partial charge in [0.15, 0.2) is 0 Å². The standard InChI is InChI=1S/C16H27NO2/c1-5-13(3)16(17-6-2)12-19-15-9-7-8-14(10-15)11-18-4/h7-10,13,16-17H,5-6,11-12H2,1-4H3. The van der Waals surface area contributed by atoms with E-state index in [1.165, 1.54) is 0 Å². The lowest BCUT2D eigenvalue weighted by Gasteiger charge is -2.24. The minimum atomic E-state index is 0.404. The lowest BCUT2D eigenvalue weighted by atomic mass is 10.00. The molecule has 3 nitrogen and oxygen atoms in total. The normalized spacial score (nSPS) is 14.1. The Labute approximate surface area is 117 Å². The third-order valence-electron chi connectivity index (χ3n) is 3.44. The van der Waals surface area contributed by atoms with Crippen LogP contribution in [0.15, 0.2) is 24.3 Å². The van der Waals surface area contributed by atoms with E-state index in [9.17, 15) is 0 Å². The summed E-state index contributed by atoms with van der Waals surface area (Å²) in [6.45, 7) is 8.92. The van der Waals surface area contributed by atoms with Crippen LogP contribution in [0, 0.1) is 5.92 Å². The number of hydrogen-bond donors (Lipinski definition) is 1. The molecule has 0 heterocycles. The van der Waals surface area contributed by atoms with Crippen molar-refractivity contribution in [2.75, 3.05) is 20.3 Å². The van der Waals surface area contributed by atoms with Gasteiger partial charge in [-0.1, -0.05) is 39.3 Å². The van der Waals surface area contributed by atoms with Crippen molar-refractivity contribution in [2.45, 2.75) is 39.8 Å².